The second-order valence-electron chi connectivity index (χ2n) is 5.36. The molecule has 6 nitrogen and oxygen atoms in total. The molecule has 25 heavy (non-hydrogen) atoms. The van der Waals surface area contributed by atoms with E-state index in [1.807, 2.05) is 0 Å². The van der Waals surface area contributed by atoms with Crippen LogP contribution in [0.1, 0.15) is 15.9 Å². The van der Waals surface area contributed by atoms with Crippen LogP contribution >= 0.6 is 0 Å². The van der Waals surface area contributed by atoms with Crippen molar-refractivity contribution in [1.82, 2.24) is 4.31 Å². The van der Waals surface area contributed by atoms with E-state index in [1.54, 1.807) is 24.3 Å². The maximum Gasteiger partial charge on any atom is 0.341 e. The van der Waals surface area contributed by atoms with Gasteiger partial charge in [-0.25, -0.2) is 21.9 Å². The number of hydrogen-bond acceptors (Lipinski definition) is 5. The van der Waals surface area contributed by atoms with Crippen molar-refractivity contribution >= 4 is 16.0 Å². The van der Waals surface area contributed by atoms with Crippen LogP contribution in [0.5, 0.6) is 5.75 Å². The Balaban J connectivity index is 2.21. The van der Waals surface area contributed by atoms with Gasteiger partial charge in [-0.15, -0.1) is 0 Å². The van der Waals surface area contributed by atoms with Gasteiger partial charge in [0.2, 0.25) is 10.0 Å². The number of rotatable bonds is 6. The minimum atomic E-state index is -3.78. The smallest absolute Gasteiger partial charge is 0.341 e. The number of methoxy groups -OCH3 is 1. The molecule has 0 unspecified atom stereocenters. The minimum absolute atomic E-state index is 0.0971. The van der Waals surface area contributed by atoms with Crippen molar-refractivity contribution in [2.24, 2.45) is 0 Å². The van der Waals surface area contributed by atoms with E-state index in [9.17, 15) is 17.6 Å². The lowest BCUT2D eigenvalue weighted by Gasteiger charge is -2.12. The summed E-state index contributed by atoms with van der Waals surface area (Å²) in [5.41, 5.74) is 0.219. The average Bonchev–Trinajstić information content (AvgIpc) is 2.59. The Morgan fingerprint density at radius 3 is 2.52 bits per heavy atom. The van der Waals surface area contributed by atoms with E-state index in [0.29, 0.717) is 11.3 Å². The zero-order valence-electron chi connectivity index (χ0n) is 14.0. The third-order valence-corrected chi connectivity index (χ3v) is 5.25. The van der Waals surface area contributed by atoms with Crippen LogP contribution in [0.4, 0.5) is 4.39 Å². The van der Waals surface area contributed by atoms with E-state index in [4.69, 9.17) is 9.47 Å². The van der Waals surface area contributed by atoms with Crippen LogP contribution in [0.25, 0.3) is 0 Å². The number of sulfonamides is 1. The third-order valence-electron chi connectivity index (χ3n) is 3.44. The molecule has 134 valence electrons. The number of benzene rings is 2. The minimum Gasteiger partial charge on any atom is -0.497 e. The van der Waals surface area contributed by atoms with Crippen molar-refractivity contribution in [3.8, 4) is 5.75 Å². The van der Waals surface area contributed by atoms with Gasteiger partial charge in [0.05, 0.1) is 17.6 Å². The fraction of sp³-hybridized carbons (Fsp3) is 0.235. The number of carbonyl (C=O) groups is 1. The molecule has 0 spiro atoms. The largest absolute Gasteiger partial charge is 0.497 e. The second kappa shape index (κ2) is 7.62. The molecule has 0 heterocycles. The first-order valence-electron chi connectivity index (χ1n) is 7.28. The van der Waals surface area contributed by atoms with Gasteiger partial charge in [-0.05, 0) is 35.9 Å². The first kappa shape index (κ1) is 18.9. The maximum atomic E-state index is 13.9. The molecule has 0 atom stereocenters. The van der Waals surface area contributed by atoms with Crippen molar-refractivity contribution in [1.29, 1.82) is 0 Å². The normalized spacial score (nSPS) is 11.4. The topological polar surface area (TPSA) is 72.9 Å². The molecule has 0 saturated heterocycles. The second-order valence-corrected chi connectivity index (χ2v) is 7.51. The molecule has 2 rings (SSSR count). The predicted molar refractivity (Wildman–Crippen MR) is 89.4 cm³/mol. The van der Waals surface area contributed by atoms with Gasteiger partial charge in [-0.1, -0.05) is 12.1 Å². The Labute approximate surface area is 145 Å². The van der Waals surface area contributed by atoms with Gasteiger partial charge in [0.25, 0.3) is 0 Å². The highest BCUT2D eigenvalue weighted by Gasteiger charge is 2.22. The summed E-state index contributed by atoms with van der Waals surface area (Å²) in [5, 5.41) is 0. The number of ether oxygens (including phenoxy) is 2. The summed E-state index contributed by atoms with van der Waals surface area (Å²) in [5.74, 6) is -1.21. The van der Waals surface area contributed by atoms with Crippen molar-refractivity contribution in [3.63, 3.8) is 0 Å². The lowest BCUT2D eigenvalue weighted by molar-refractivity contribution is 0.0466. The monoisotopic (exact) mass is 367 g/mol. The molecule has 0 aliphatic heterocycles. The van der Waals surface area contributed by atoms with Gasteiger partial charge >= 0.3 is 5.97 Å². The van der Waals surface area contributed by atoms with E-state index in [1.165, 1.54) is 21.2 Å². The van der Waals surface area contributed by atoms with Crippen molar-refractivity contribution in [2.75, 3.05) is 21.2 Å². The average molecular weight is 367 g/mol. The quantitative estimate of drug-likeness (QED) is 0.734. The first-order valence-corrected chi connectivity index (χ1v) is 8.72. The van der Waals surface area contributed by atoms with Crippen LogP contribution in [-0.2, 0) is 21.4 Å². The molecule has 0 saturated carbocycles. The molecule has 0 aliphatic rings. The van der Waals surface area contributed by atoms with Gasteiger partial charge < -0.3 is 9.47 Å². The summed E-state index contributed by atoms with van der Waals surface area (Å²) in [6.45, 7) is -0.0971. The fourth-order valence-corrected chi connectivity index (χ4v) is 2.95. The lowest BCUT2D eigenvalue weighted by atomic mass is 10.2. The molecule has 2 aromatic rings. The van der Waals surface area contributed by atoms with E-state index in [0.717, 1.165) is 22.5 Å². The Kier molecular flexibility index (Phi) is 5.76. The van der Waals surface area contributed by atoms with E-state index < -0.39 is 27.4 Å². The summed E-state index contributed by atoms with van der Waals surface area (Å²) >= 11 is 0. The van der Waals surface area contributed by atoms with Crippen LogP contribution in [-0.4, -0.2) is 39.9 Å². The maximum absolute atomic E-state index is 13.9. The van der Waals surface area contributed by atoms with Gasteiger partial charge in [0.15, 0.2) is 0 Å². The van der Waals surface area contributed by atoms with E-state index >= 15 is 0 Å². The summed E-state index contributed by atoms with van der Waals surface area (Å²) in [7, 11) is 0.421. The molecule has 0 radical (unpaired) electrons. The SMILES string of the molecule is COc1cccc(COC(=O)c2cc(S(=O)(=O)N(C)C)ccc2F)c1. The summed E-state index contributed by atoms with van der Waals surface area (Å²) in [6, 6.07) is 9.86. The lowest BCUT2D eigenvalue weighted by Crippen LogP contribution is -2.22. The van der Waals surface area contributed by atoms with Crippen molar-refractivity contribution < 1.29 is 27.1 Å². The molecule has 0 amide bonds. The highest BCUT2D eigenvalue weighted by atomic mass is 32.2. The third kappa shape index (κ3) is 4.34. The van der Waals surface area contributed by atoms with Crippen molar-refractivity contribution in [2.45, 2.75) is 11.5 Å². The van der Waals surface area contributed by atoms with E-state index in [-0.39, 0.29) is 11.5 Å². The number of carbonyl (C=O) groups excluding carboxylic acids is 1. The summed E-state index contributed by atoms with van der Waals surface area (Å²) in [4.78, 5) is 12.0. The molecule has 8 heteroatoms. The van der Waals surface area contributed by atoms with Gasteiger partial charge in [0, 0.05) is 14.1 Å². The Bertz CT molecular complexity index is 880. The summed E-state index contributed by atoms with van der Waals surface area (Å²) in [6.07, 6.45) is 0. The van der Waals surface area contributed by atoms with Gasteiger partial charge in [-0.3, -0.25) is 0 Å². The predicted octanol–water partition coefficient (Wildman–Crippen LogP) is 2.44. The molecule has 0 aromatic heterocycles. The van der Waals surface area contributed by atoms with Crippen LogP contribution in [0.3, 0.4) is 0 Å². The number of nitrogens with zero attached hydrogens (tertiary/aromatic N) is 1. The Morgan fingerprint density at radius 2 is 1.88 bits per heavy atom. The standard InChI is InChI=1S/C17H18FNO5S/c1-19(2)25(21,22)14-7-8-16(18)15(10-14)17(20)24-11-12-5-4-6-13(9-12)23-3/h4-10H,11H2,1-3H3. The molecule has 0 fully saturated rings. The first-order chi connectivity index (χ1) is 11.8. The highest BCUT2D eigenvalue weighted by molar-refractivity contribution is 7.89. The highest BCUT2D eigenvalue weighted by Crippen LogP contribution is 2.19. The molecular formula is C17H18FNO5S. The Hall–Kier alpha value is -2.45. The Morgan fingerprint density at radius 1 is 1.16 bits per heavy atom. The molecule has 0 bridgehead atoms. The number of halogens is 1. The van der Waals surface area contributed by atoms with Crippen LogP contribution in [0, 0.1) is 5.82 Å². The zero-order chi connectivity index (χ0) is 18.6. The summed E-state index contributed by atoms with van der Waals surface area (Å²) < 4.78 is 49.3. The van der Waals surface area contributed by atoms with Gasteiger partial charge in [0.1, 0.15) is 18.2 Å². The molecule has 0 N–H and O–H groups in total. The number of hydrogen-bond donors (Lipinski definition) is 0. The molecule has 2 aromatic carbocycles. The van der Waals surface area contributed by atoms with Crippen molar-refractivity contribution in [3.05, 3.63) is 59.4 Å². The zero-order valence-corrected chi connectivity index (χ0v) is 14.8. The van der Waals surface area contributed by atoms with Crippen LogP contribution in [0.2, 0.25) is 0 Å². The van der Waals surface area contributed by atoms with Crippen LogP contribution < -0.4 is 4.74 Å². The number of esters is 1. The van der Waals surface area contributed by atoms with Gasteiger partial charge in [-0.2, -0.15) is 0 Å². The fourth-order valence-electron chi connectivity index (χ4n) is 2.02. The van der Waals surface area contributed by atoms with E-state index in [2.05, 4.69) is 0 Å². The molecular weight excluding hydrogens is 349 g/mol. The molecule has 0 aliphatic carbocycles. The van der Waals surface area contributed by atoms with Crippen LogP contribution in [0.15, 0.2) is 47.4 Å².